The number of aliphatic imine (C=N–C) groups is 1. The molecule has 1 aromatic carbocycles. The van der Waals surface area contributed by atoms with E-state index in [1.807, 2.05) is 0 Å². The van der Waals surface area contributed by atoms with Gasteiger partial charge in [-0.15, -0.1) is 0 Å². The second-order valence-electron chi connectivity index (χ2n) is 6.56. The first kappa shape index (κ1) is 23.7. The van der Waals surface area contributed by atoms with Gasteiger partial charge in [-0.3, -0.25) is 19.4 Å². The summed E-state index contributed by atoms with van der Waals surface area (Å²) in [6.07, 6.45) is 0.761. The van der Waals surface area contributed by atoms with E-state index in [0.29, 0.717) is 6.42 Å². The number of hydrogen-bond acceptors (Lipinski definition) is 6. The smallest absolute Gasteiger partial charge is 0.325 e. The normalized spacial score (nSPS) is 13.6. The Morgan fingerprint density at radius 2 is 1.72 bits per heavy atom. The molecular weight excluding hydrogens is 380 g/mol. The molecule has 0 radical (unpaired) electrons. The molecule has 0 heterocycles. The van der Waals surface area contributed by atoms with Gasteiger partial charge in [0.15, 0.2) is 5.96 Å². The standard InChI is InChI=1S/C18H28N6O5/c1-10(17(28)29)23-16(27)14(3-2-8-22-18(20)21)24-15(26)13(19)9-11-4-6-12(25)7-5-11/h4-7,10,13-14,25H,2-3,8-9,19H2,1H3,(H,23,27)(H,24,26)(H,28,29)(H4,20,21,22). The van der Waals surface area contributed by atoms with E-state index in [2.05, 4.69) is 15.6 Å². The van der Waals surface area contributed by atoms with Crippen LogP contribution in [0.2, 0.25) is 0 Å². The molecule has 0 aromatic heterocycles. The summed E-state index contributed by atoms with van der Waals surface area (Å²) in [7, 11) is 0. The number of nitrogens with two attached hydrogens (primary N) is 3. The Kier molecular flexibility index (Phi) is 9.39. The van der Waals surface area contributed by atoms with Gasteiger partial charge in [0.2, 0.25) is 11.8 Å². The highest BCUT2D eigenvalue weighted by Gasteiger charge is 2.26. The van der Waals surface area contributed by atoms with Gasteiger partial charge in [0.05, 0.1) is 6.04 Å². The molecule has 0 aliphatic heterocycles. The summed E-state index contributed by atoms with van der Waals surface area (Å²) in [6, 6.07) is 3.17. The van der Waals surface area contributed by atoms with Crippen LogP contribution in [0, 0.1) is 0 Å². The van der Waals surface area contributed by atoms with E-state index in [9.17, 15) is 19.5 Å². The quantitative estimate of drug-likeness (QED) is 0.128. The molecule has 160 valence electrons. The predicted octanol–water partition coefficient (Wildman–Crippen LogP) is -1.61. The van der Waals surface area contributed by atoms with Gasteiger partial charge in [-0.05, 0) is 43.9 Å². The number of phenols is 1. The van der Waals surface area contributed by atoms with E-state index in [4.69, 9.17) is 22.3 Å². The second kappa shape index (κ2) is 11.5. The summed E-state index contributed by atoms with van der Waals surface area (Å²) in [5.41, 5.74) is 17.2. The van der Waals surface area contributed by atoms with Gasteiger partial charge in [0.25, 0.3) is 0 Å². The van der Waals surface area contributed by atoms with E-state index in [1.165, 1.54) is 19.1 Å². The van der Waals surface area contributed by atoms with Gasteiger partial charge in [-0.25, -0.2) is 0 Å². The third-order valence-electron chi connectivity index (χ3n) is 4.04. The van der Waals surface area contributed by atoms with Gasteiger partial charge in [0, 0.05) is 6.54 Å². The highest BCUT2D eigenvalue weighted by atomic mass is 16.4. The topological polar surface area (TPSA) is 206 Å². The number of carbonyl (C=O) groups excluding carboxylic acids is 2. The number of carbonyl (C=O) groups is 3. The van der Waals surface area contributed by atoms with Crippen molar-refractivity contribution in [3.05, 3.63) is 29.8 Å². The first-order chi connectivity index (χ1) is 13.6. The Balaban J connectivity index is 2.74. The first-order valence-corrected chi connectivity index (χ1v) is 9.02. The molecule has 0 aliphatic carbocycles. The molecule has 0 saturated heterocycles. The third kappa shape index (κ3) is 8.93. The maximum atomic E-state index is 12.4. The molecular formula is C18H28N6O5. The van der Waals surface area contributed by atoms with Gasteiger partial charge in [-0.1, -0.05) is 12.1 Å². The maximum Gasteiger partial charge on any atom is 0.325 e. The van der Waals surface area contributed by atoms with Crippen LogP contribution < -0.4 is 27.8 Å². The van der Waals surface area contributed by atoms with Crippen LogP contribution in [0.15, 0.2) is 29.3 Å². The summed E-state index contributed by atoms with van der Waals surface area (Å²) in [4.78, 5) is 39.6. The Morgan fingerprint density at radius 3 is 2.28 bits per heavy atom. The molecule has 2 amide bonds. The van der Waals surface area contributed by atoms with Crippen molar-refractivity contribution in [1.29, 1.82) is 0 Å². The number of nitrogens with zero attached hydrogens (tertiary/aromatic N) is 1. The summed E-state index contributed by atoms with van der Waals surface area (Å²) in [5, 5.41) is 23.1. The van der Waals surface area contributed by atoms with Crippen LogP contribution in [0.3, 0.4) is 0 Å². The zero-order valence-electron chi connectivity index (χ0n) is 16.2. The number of amides is 2. The molecule has 1 aromatic rings. The van der Waals surface area contributed by atoms with Crippen molar-refractivity contribution in [3.8, 4) is 5.75 Å². The number of guanidine groups is 1. The van der Waals surface area contributed by atoms with Crippen LogP contribution in [0.5, 0.6) is 5.75 Å². The van der Waals surface area contributed by atoms with Crippen molar-refractivity contribution in [1.82, 2.24) is 10.6 Å². The summed E-state index contributed by atoms with van der Waals surface area (Å²) in [6.45, 7) is 1.56. The van der Waals surface area contributed by atoms with Crippen molar-refractivity contribution in [3.63, 3.8) is 0 Å². The molecule has 3 unspecified atom stereocenters. The number of nitrogens with one attached hydrogen (secondary N) is 2. The molecule has 0 saturated carbocycles. The molecule has 0 fully saturated rings. The van der Waals surface area contributed by atoms with Crippen LogP contribution in [-0.2, 0) is 20.8 Å². The maximum absolute atomic E-state index is 12.4. The highest BCUT2D eigenvalue weighted by molar-refractivity contribution is 5.91. The zero-order valence-corrected chi connectivity index (χ0v) is 16.2. The minimum atomic E-state index is -1.20. The van der Waals surface area contributed by atoms with E-state index in [0.717, 1.165) is 5.56 Å². The van der Waals surface area contributed by atoms with Gasteiger partial charge in [-0.2, -0.15) is 0 Å². The Labute approximate surface area is 168 Å². The van der Waals surface area contributed by atoms with E-state index < -0.39 is 35.9 Å². The minimum Gasteiger partial charge on any atom is -0.508 e. The fourth-order valence-corrected chi connectivity index (χ4v) is 2.41. The minimum absolute atomic E-state index is 0.0922. The van der Waals surface area contributed by atoms with Crippen molar-refractivity contribution in [2.45, 2.75) is 44.3 Å². The van der Waals surface area contributed by atoms with Crippen molar-refractivity contribution < 1.29 is 24.6 Å². The van der Waals surface area contributed by atoms with Crippen molar-refractivity contribution in [2.75, 3.05) is 6.54 Å². The van der Waals surface area contributed by atoms with Crippen LogP contribution in [0.4, 0.5) is 0 Å². The lowest BCUT2D eigenvalue weighted by atomic mass is 10.0. The Morgan fingerprint density at radius 1 is 1.10 bits per heavy atom. The molecule has 3 atom stereocenters. The second-order valence-corrected chi connectivity index (χ2v) is 6.56. The molecule has 10 N–H and O–H groups in total. The average molecular weight is 408 g/mol. The number of aliphatic carboxylic acids is 1. The predicted molar refractivity (Wildman–Crippen MR) is 107 cm³/mol. The van der Waals surface area contributed by atoms with Gasteiger partial charge < -0.3 is 38.0 Å². The van der Waals surface area contributed by atoms with E-state index in [1.54, 1.807) is 12.1 Å². The number of phenolic OH excluding ortho intramolecular Hbond substituents is 1. The van der Waals surface area contributed by atoms with Crippen LogP contribution in [-0.4, -0.2) is 58.6 Å². The lowest BCUT2D eigenvalue weighted by Crippen LogP contribution is -2.54. The van der Waals surface area contributed by atoms with Crippen LogP contribution >= 0.6 is 0 Å². The average Bonchev–Trinajstić information content (AvgIpc) is 2.65. The Hall–Kier alpha value is -3.34. The third-order valence-corrected chi connectivity index (χ3v) is 4.04. The number of rotatable bonds is 11. The lowest BCUT2D eigenvalue weighted by Gasteiger charge is -2.21. The molecule has 11 heteroatoms. The summed E-state index contributed by atoms with van der Waals surface area (Å²) < 4.78 is 0. The lowest BCUT2D eigenvalue weighted by molar-refractivity contribution is -0.141. The van der Waals surface area contributed by atoms with Crippen LogP contribution in [0.25, 0.3) is 0 Å². The molecule has 0 spiro atoms. The van der Waals surface area contributed by atoms with Gasteiger partial charge >= 0.3 is 5.97 Å². The number of benzene rings is 1. The fourth-order valence-electron chi connectivity index (χ4n) is 2.41. The zero-order chi connectivity index (χ0) is 22.0. The summed E-state index contributed by atoms with van der Waals surface area (Å²) >= 11 is 0. The number of hydrogen-bond donors (Lipinski definition) is 7. The number of aromatic hydroxyl groups is 1. The molecule has 0 aliphatic rings. The first-order valence-electron chi connectivity index (χ1n) is 9.02. The van der Waals surface area contributed by atoms with Crippen molar-refractivity contribution >= 4 is 23.7 Å². The van der Waals surface area contributed by atoms with Crippen LogP contribution in [0.1, 0.15) is 25.3 Å². The molecule has 29 heavy (non-hydrogen) atoms. The largest absolute Gasteiger partial charge is 0.508 e. The summed E-state index contributed by atoms with van der Waals surface area (Å²) in [5.74, 6) is -2.41. The fraction of sp³-hybridized carbons (Fsp3) is 0.444. The van der Waals surface area contributed by atoms with Crippen molar-refractivity contribution in [2.24, 2.45) is 22.2 Å². The SMILES string of the molecule is CC(NC(=O)C(CCCN=C(N)N)NC(=O)C(N)Cc1ccc(O)cc1)C(=O)O. The monoisotopic (exact) mass is 408 g/mol. The molecule has 0 bridgehead atoms. The molecule has 1 rings (SSSR count). The molecule has 11 nitrogen and oxygen atoms in total. The van der Waals surface area contributed by atoms with E-state index >= 15 is 0 Å². The van der Waals surface area contributed by atoms with E-state index in [-0.39, 0.29) is 31.1 Å². The van der Waals surface area contributed by atoms with Gasteiger partial charge in [0.1, 0.15) is 17.8 Å². The highest BCUT2D eigenvalue weighted by Crippen LogP contribution is 2.11. The number of carboxylic acids is 1. The number of carboxylic acid groups (broad SMARTS) is 1. The Bertz CT molecular complexity index is 733.